The molecule has 5 nitrogen and oxygen atoms in total. The van der Waals surface area contributed by atoms with Crippen LogP contribution in [-0.2, 0) is 16.8 Å². The van der Waals surface area contributed by atoms with Gasteiger partial charge in [-0.2, -0.15) is 17.4 Å². The van der Waals surface area contributed by atoms with E-state index in [4.69, 9.17) is 5.73 Å². The van der Waals surface area contributed by atoms with Crippen LogP contribution in [0, 0.1) is 11.8 Å². The third-order valence-electron chi connectivity index (χ3n) is 2.53. The van der Waals surface area contributed by atoms with Gasteiger partial charge in [0.1, 0.15) is 0 Å². The van der Waals surface area contributed by atoms with Gasteiger partial charge in [-0.3, -0.25) is 0 Å². The molecule has 3 N–H and O–H groups in total. The van der Waals surface area contributed by atoms with Crippen molar-refractivity contribution in [2.45, 2.75) is 26.4 Å². The quantitative estimate of drug-likeness (QED) is 0.784. The highest BCUT2D eigenvalue weighted by molar-refractivity contribution is 7.87. The Bertz CT molecular complexity index is 600. The predicted molar refractivity (Wildman–Crippen MR) is 81.0 cm³/mol. The lowest BCUT2D eigenvalue weighted by Gasteiger charge is -2.20. The molecular formula is C14H21N3O2S. The number of rotatable bonds is 5. The van der Waals surface area contributed by atoms with E-state index >= 15 is 0 Å². The van der Waals surface area contributed by atoms with Crippen LogP contribution in [0.2, 0.25) is 0 Å². The first-order valence-electron chi connectivity index (χ1n) is 6.37. The second kappa shape index (κ2) is 7.41. The highest BCUT2D eigenvalue weighted by Gasteiger charge is 2.19. The van der Waals surface area contributed by atoms with Gasteiger partial charge >= 0.3 is 0 Å². The van der Waals surface area contributed by atoms with Crippen LogP contribution >= 0.6 is 0 Å². The molecule has 6 heteroatoms. The SMILES string of the molecule is CC(C)NS(=O)(=O)N(C)Cc1ccccc1C#CCN. The van der Waals surface area contributed by atoms with Gasteiger partial charge < -0.3 is 5.73 Å². The van der Waals surface area contributed by atoms with Crippen molar-refractivity contribution in [2.24, 2.45) is 5.73 Å². The van der Waals surface area contributed by atoms with E-state index in [1.165, 1.54) is 11.4 Å². The number of nitrogens with two attached hydrogens (primary N) is 1. The van der Waals surface area contributed by atoms with Gasteiger partial charge in [-0.1, -0.05) is 30.0 Å². The van der Waals surface area contributed by atoms with Crippen molar-refractivity contribution < 1.29 is 8.42 Å². The maximum atomic E-state index is 12.0. The first-order chi connectivity index (χ1) is 9.36. The highest BCUT2D eigenvalue weighted by atomic mass is 32.2. The van der Waals surface area contributed by atoms with Crippen LogP contribution in [0.4, 0.5) is 0 Å². The molecule has 0 atom stereocenters. The lowest BCUT2D eigenvalue weighted by Crippen LogP contribution is -2.41. The van der Waals surface area contributed by atoms with Crippen LogP contribution in [0.15, 0.2) is 24.3 Å². The van der Waals surface area contributed by atoms with Crippen LogP contribution in [0.3, 0.4) is 0 Å². The van der Waals surface area contributed by atoms with E-state index in [-0.39, 0.29) is 19.1 Å². The molecule has 110 valence electrons. The summed E-state index contributed by atoms with van der Waals surface area (Å²) >= 11 is 0. The summed E-state index contributed by atoms with van der Waals surface area (Å²) in [6.07, 6.45) is 0. The largest absolute Gasteiger partial charge is 0.320 e. The van der Waals surface area contributed by atoms with E-state index in [1.54, 1.807) is 13.8 Å². The lowest BCUT2D eigenvalue weighted by atomic mass is 10.1. The van der Waals surface area contributed by atoms with Gasteiger partial charge in [0.2, 0.25) is 0 Å². The summed E-state index contributed by atoms with van der Waals surface area (Å²) in [5.74, 6) is 5.74. The average Bonchev–Trinajstić information content (AvgIpc) is 2.36. The van der Waals surface area contributed by atoms with Gasteiger partial charge in [-0.15, -0.1) is 0 Å². The molecule has 0 saturated carbocycles. The molecule has 0 fully saturated rings. The fourth-order valence-electron chi connectivity index (χ4n) is 1.64. The molecular weight excluding hydrogens is 274 g/mol. The predicted octanol–water partition coefficient (Wildman–Crippen LogP) is 0.671. The first-order valence-corrected chi connectivity index (χ1v) is 7.81. The van der Waals surface area contributed by atoms with Crippen LogP contribution in [-0.4, -0.2) is 32.4 Å². The molecule has 1 aromatic rings. The van der Waals surface area contributed by atoms with Crippen LogP contribution in [0.1, 0.15) is 25.0 Å². The summed E-state index contributed by atoms with van der Waals surface area (Å²) in [6, 6.07) is 7.30. The van der Waals surface area contributed by atoms with Crippen molar-refractivity contribution in [3.05, 3.63) is 35.4 Å². The Morgan fingerprint density at radius 1 is 1.35 bits per heavy atom. The minimum absolute atomic E-state index is 0.144. The number of benzene rings is 1. The van der Waals surface area contributed by atoms with Gasteiger partial charge in [-0.25, -0.2) is 0 Å². The van der Waals surface area contributed by atoms with Crippen molar-refractivity contribution in [1.29, 1.82) is 0 Å². The topological polar surface area (TPSA) is 75.4 Å². The Hall–Kier alpha value is -1.39. The summed E-state index contributed by atoms with van der Waals surface area (Å²) in [6.45, 7) is 4.10. The van der Waals surface area contributed by atoms with Crippen molar-refractivity contribution in [1.82, 2.24) is 9.03 Å². The van der Waals surface area contributed by atoms with Crippen molar-refractivity contribution in [3.8, 4) is 11.8 Å². The Kier molecular flexibility index (Phi) is 6.17. The number of hydrogen-bond donors (Lipinski definition) is 2. The fraction of sp³-hybridized carbons (Fsp3) is 0.429. The van der Waals surface area contributed by atoms with Gasteiger partial charge in [0.25, 0.3) is 10.2 Å². The molecule has 1 rings (SSSR count). The monoisotopic (exact) mass is 295 g/mol. The van der Waals surface area contributed by atoms with Crippen molar-refractivity contribution in [3.63, 3.8) is 0 Å². The van der Waals surface area contributed by atoms with E-state index in [2.05, 4.69) is 16.6 Å². The molecule has 0 spiro atoms. The molecule has 0 unspecified atom stereocenters. The van der Waals surface area contributed by atoms with Crippen molar-refractivity contribution >= 4 is 10.2 Å². The summed E-state index contributed by atoms with van der Waals surface area (Å²) < 4.78 is 27.9. The van der Waals surface area contributed by atoms with Gasteiger partial charge in [-0.05, 0) is 25.5 Å². The van der Waals surface area contributed by atoms with Crippen LogP contribution in [0.25, 0.3) is 0 Å². The minimum Gasteiger partial charge on any atom is -0.320 e. The van der Waals surface area contributed by atoms with Gasteiger partial charge in [0.15, 0.2) is 0 Å². The van der Waals surface area contributed by atoms with Gasteiger partial charge in [0.05, 0.1) is 6.54 Å². The molecule has 0 heterocycles. The maximum Gasteiger partial charge on any atom is 0.279 e. The third kappa shape index (κ3) is 4.94. The zero-order valence-corrected chi connectivity index (χ0v) is 12.9. The maximum absolute atomic E-state index is 12.0. The molecule has 0 bridgehead atoms. The first kappa shape index (κ1) is 16.7. The highest BCUT2D eigenvalue weighted by Crippen LogP contribution is 2.11. The number of hydrogen-bond acceptors (Lipinski definition) is 3. The normalized spacial score (nSPS) is 11.5. The zero-order chi connectivity index (χ0) is 15.2. The molecule has 0 aromatic heterocycles. The number of nitrogens with one attached hydrogen (secondary N) is 1. The molecule has 20 heavy (non-hydrogen) atoms. The Balaban J connectivity index is 2.93. The van der Waals surface area contributed by atoms with E-state index < -0.39 is 10.2 Å². The summed E-state index contributed by atoms with van der Waals surface area (Å²) in [4.78, 5) is 0. The molecule has 0 radical (unpaired) electrons. The lowest BCUT2D eigenvalue weighted by molar-refractivity contribution is 0.449. The Morgan fingerprint density at radius 3 is 2.60 bits per heavy atom. The smallest absolute Gasteiger partial charge is 0.279 e. The standard InChI is InChI=1S/C14H21N3O2S/c1-12(2)16-20(18,19)17(3)11-14-8-5-4-7-13(14)9-6-10-15/h4-5,7-8,12,16H,10-11,15H2,1-3H3. The van der Waals surface area contributed by atoms with Crippen molar-refractivity contribution in [2.75, 3.05) is 13.6 Å². The molecule has 0 amide bonds. The molecule has 0 saturated heterocycles. The van der Waals surface area contributed by atoms with E-state index in [9.17, 15) is 8.42 Å². The second-order valence-electron chi connectivity index (χ2n) is 4.70. The number of nitrogens with zero attached hydrogens (tertiary/aromatic N) is 1. The minimum atomic E-state index is -3.48. The second-order valence-corrected chi connectivity index (χ2v) is 6.51. The Morgan fingerprint density at radius 2 is 2.00 bits per heavy atom. The average molecular weight is 295 g/mol. The van der Waals surface area contributed by atoms with E-state index in [1.807, 2.05) is 24.3 Å². The third-order valence-corrected chi connectivity index (χ3v) is 4.25. The summed E-state index contributed by atoms with van der Waals surface area (Å²) in [5.41, 5.74) is 7.01. The zero-order valence-electron chi connectivity index (χ0n) is 12.1. The summed E-state index contributed by atoms with van der Waals surface area (Å²) in [7, 11) is -1.95. The van der Waals surface area contributed by atoms with E-state index in [0.29, 0.717) is 0 Å². The summed E-state index contributed by atoms with van der Waals surface area (Å²) in [5, 5.41) is 0. The molecule has 0 aliphatic heterocycles. The molecule has 0 aliphatic rings. The Labute approximate surface area is 121 Å². The molecule has 1 aromatic carbocycles. The fourth-order valence-corrected chi connectivity index (χ4v) is 2.72. The van der Waals surface area contributed by atoms with Gasteiger partial charge in [0, 0.05) is 25.2 Å². The van der Waals surface area contributed by atoms with Crippen LogP contribution < -0.4 is 10.5 Å². The van der Waals surface area contributed by atoms with E-state index in [0.717, 1.165) is 11.1 Å². The molecule has 0 aliphatic carbocycles. The van der Waals surface area contributed by atoms with Crippen LogP contribution in [0.5, 0.6) is 0 Å².